The molecule has 6 nitrogen and oxygen atoms in total. The maximum absolute atomic E-state index is 12.2. The van der Waals surface area contributed by atoms with Gasteiger partial charge < -0.3 is 10.1 Å². The number of nitrogens with one attached hydrogen (secondary N) is 2. The molecule has 0 aliphatic heterocycles. The molecule has 2 aromatic rings. The summed E-state index contributed by atoms with van der Waals surface area (Å²) >= 11 is 3.38. The van der Waals surface area contributed by atoms with Crippen LogP contribution in [0.25, 0.3) is 11.3 Å². The van der Waals surface area contributed by atoms with E-state index in [0.717, 1.165) is 35.7 Å². The lowest BCUT2D eigenvalue weighted by Gasteiger charge is -2.16. The Morgan fingerprint density at radius 3 is 2.64 bits per heavy atom. The van der Waals surface area contributed by atoms with Crippen LogP contribution in [0, 0.1) is 0 Å². The Labute approximate surface area is 154 Å². The molecular weight excluding hydrogens is 386 g/mol. The molecule has 2 N–H and O–H groups in total. The molecule has 1 heterocycles. The van der Waals surface area contributed by atoms with Crippen LogP contribution in [0.3, 0.4) is 0 Å². The van der Waals surface area contributed by atoms with E-state index in [2.05, 4.69) is 31.4 Å². The van der Waals surface area contributed by atoms with Crippen LogP contribution in [0.4, 0.5) is 0 Å². The van der Waals surface area contributed by atoms with Gasteiger partial charge in [-0.15, -0.1) is 0 Å². The molecule has 1 saturated carbocycles. The number of carbonyl (C=O) groups excluding carboxylic acids is 2. The van der Waals surface area contributed by atoms with Crippen molar-refractivity contribution in [2.24, 2.45) is 0 Å². The lowest BCUT2D eigenvalue weighted by Crippen LogP contribution is -2.40. The van der Waals surface area contributed by atoms with Gasteiger partial charge in [0.15, 0.2) is 6.10 Å². The lowest BCUT2D eigenvalue weighted by atomic mass is 10.1. The van der Waals surface area contributed by atoms with E-state index in [4.69, 9.17) is 4.74 Å². The van der Waals surface area contributed by atoms with Gasteiger partial charge in [-0.05, 0) is 38.0 Å². The normalized spacial score (nSPS) is 15.8. The summed E-state index contributed by atoms with van der Waals surface area (Å²) in [6.45, 7) is 1.58. The van der Waals surface area contributed by atoms with Gasteiger partial charge in [-0.25, -0.2) is 4.79 Å². The number of aromatic nitrogens is 2. The Bertz CT molecular complexity index is 751. The van der Waals surface area contributed by atoms with Crippen molar-refractivity contribution >= 4 is 27.8 Å². The molecule has 1 atom stereocenters. The van der Waals surface area contributed by atoms with E-state index in [1.807, 2.05) is 24.3 Å². The summed E-state index contributed by atoms with van der Waals surface area (Å²) in [5.74, 6) is -0.849. The van der Waals surface area contributed by atoms with E-state index in [9.17, 15) is 9.59 Å². The zero-order chi connectivity index (χ0) is 17.8. The van der Waals surface area contributed by atoms with Gasteiger partial charge in [0.25, 0.3) is 5.91 Å². The highest BCUT2D eigenvalue weighted by molar-refractivity contribution is 9.10. The molecule has 132 valence electrons. The number of esters is 1. The molecule has 1 aliphatic carbocycles. The molecule has 0 unspecified atom stereocenters. The molecule has 0 saturated heterocycles. The molecule has 1 amide bonds. The topological polar surface area (TPSA) is 84.1 Å². The van der Waals surface area contributed by atoms with Gasteiger partial charge in [-0.3, -0.25) is 9.89 Å². The Morgan fingerprint density at radius 1 is 1.28 bits per heavy atom. The molecule has 1 aliphatic rings. The molecule has 0 radical (unpaired) electrons. The van der Waals surface area contributed by atoms with Crippen LogP contribution in [0.15, 0.2) is 34.8 Å². The minimum absolute atomic E-state index is 0.199. The predicted octanol–water partition coefficient (Wildman–Crippen LogP) is 3.44. The molecule has 1 aromatic heterocycles. The molecule has 25 heavy (non-hydrogen) atoms. The van der Waals surface area contributed by atoms with Crippen LogP contribution in [0.2, 0.25) is 0 Å². The summed E-state index contributed by atoms with van der Waals surface area (Å²) < 4.78 is 6.21. The zero-order valence-corrected chi connectivity index (χ0v) is 15.5. The zero-order valence-electron chi connectivity index (χ0n) is 13.9. The standard InChI is InChI=1S/C18H20BrN3O3/c1-11(17(23)20-14-4-2-3-5-14)25-18(24)16-10-15(21-22-16)12-6-8-13(19)9-7-12/h6-11,14H,2-5H2,1H3,(H,20,23)(H,21,22)/t11-/m0/s1. The first-order valence-electron chi connectivity index (χ1n) is 8.35. The minimum atomic E-state index is -0.840. The van der Waals surface area contributed by atoms with Crippen molar-refractivity contribution in [2.45, 2.75) is 44.8 Å². The maximum Gasteiger partial charge on any atom is 0.357 e. The van der Waals surface area contributed by atoms with E-state index >= 15 is 0 Å². The van der Waals surface area contributed by atoms with Gasteiger partial charge >= 0.3 is 5.97 Å². The van der Waals surface area contributed by atoms with Crippen LogP contribution < -0.4 is 5.32 Å². The molecule has 0 bridgehead atoms. The van der Waals surface area contributed by atoms with E-state index in [1.165, 1.54) is 0 Å². The fourth-order valence-corrected chi connectivity index (χ4v) is 3.13. The summed E-state index contributed by atoms with van der Waals surface area (Å²) in [6.07, 6.45) is 3.40. The number of rotatable bonds is 5. The number of H-pyrrole nitrogens is 1. The number of benzene rings is 1. The average molecular weight is 406 g/mol. The van der Waals surface area contributed by atoms with Crippen molar-refractivity contribution < 1.29 is 14.3 Å². The van der Waals surface area contributed by atoms with Crippen LogP contribution >= 0.6 is 15.9 Å². The summed E-state index contributed by atoms with van der Waals surface area (Å²) in [4.78, 5) is 24.3. The minimum Gasteiger partial charge on any atom is -0.448 e. The Balaban J connectivity index is 1.59. The van der Waals surface area contributed by atoms with Crippen molar-refractivity contribution in [1.29, 1.82) is 0 Å². The van der Waals surface area contributed by atoms with E-state index in [-0.39, 0.29) is 17.6 Å². The van der Waals surface area contributed by atoms with Crippen molar-refractivity contribution in [3.05, 3.63) is 40.5 Å². The highest BCUT2D eigenvalue weighted by Gasteiger charge is 2.24. The molecule has 1 aromatic carbocycles. The second-order valence-electron chi connectivity index (χ2n) is 6.21. The average Bonchev–Trinajstić information content (AvgIpc) is 3.27. The molecular formula is C18H20BrN3O3. The van der Waals surface area contributed by atoms with Gasteiger partial charge in [-0.2, -0.15) is 5.10 Å². The third-order valence-electron chi connectivity index (χ3n) is 4.29. The number of ether oxygens (including phenoxy) is 1. The van der Waals surface area contributed by atoms with Crippen molar-refractivity contribution in [2.75, 3.05) is 0 Å². The van der Waals surface area contributed by atoms with Crippen molar-refractivity contribution in [3.8, 4) is 11.3 Å². The van der Waals surface area contributed by atoms with E-state index < -0.39 is 12.1 Å². The number of aromatic amines is 1. The molecule has 3 rings (SSSR count). The van der Waals surface area contributed by atoms with Crippen LogP contribution in [-0.2, 0) is 9.53 Å². The number of hydrogen-bond donors (Lipinski definition) is 2. The van der Waals surface area contributed by atoms with Gasteiger partial charge in [-0.1, -0.05) is 40.9 Å². The predicted molar refractivity (Wildman–Crippen MR) is 97.0 cm³/mol. The van der Waals surface area contributed by atoms with Crippen LogP contribution in [-0.4, -0.2) is 34.2 Å². The SMILES string of the molecule is C[C@H](OC(=O)c1cc(-c2ccc(Br)cc2)n[nH]1)C(=O)NC1CCCC1. The van der Waals surface area contributed by atoms with Crippen molar-refractivity contribution in [1.82, 2.24) is 15.5 Å². The summed E-state index contributed by atoms with van der Waals surface area (Å²) in [7, 11) is 0. The largest absolute Gasteiger partial charge is 0.448 e. The Hall–Kier alpha value is -2.15. The summed E-state index contributed by atoms with van der Waals surface area (Å²) in [5.41, 5.74) is 1.74. The number of halogens is 1. The fourth-order valence-electron chi connectivity index (χ4n) is 2.86. The lowest BCUT2D eigenvalue weighted by molar-refractivity contribution is -0.129. The van der Waals surface area contributed by atoms with E-state index in [0.29, 0.717) is 5.69 Å². The first kappa shape index (κ1) is 17.7. The van der Waals surface area contributed by atoms with Crippen LogP contribution in [0.5, 0.6) is 0 Å². The number of amides is 1. The highest BCUT2D eigenvalue weighted by atomic mass is 79.9. The fraction of sp³-hybridized carbons (Fsp3) is 0.389. The van der Waals surface area contributed by atoms with Gasteiger partial charge in [0, 0.05) is 16.1 Å². The first-order valence-corrected chi connectivity index (χ1v) is 9.15. The second-order valence-corrected chi connectivity index (χ2v) is 7.13. The van der Waals surface area contributed by atoms with Gasteiger partial charge in [0.05, 0.1) is 5.69 Å². The number of nitrogens with zero attached hydrogens (tertiary/aromatic N) is 1. The number of hydrogen-bond acceptors (Lipinski definition) is 4. The Morgan fingerprint density at radius 2 is 1.96 bits per heavy atom. The third kappa shape index (κ3) is 4.48. The highest BCUT2D eigenvalue weighted by Crippen LogP contribution is 2.21. The van der Waals surface area contributed by atoms with Crippen molar-refractivity contribution in [3.63, 3.8) is 0 Å². The number of carbonyl (C=O) groups is 2. The smallest absolute Gasteiger partial charge is 0.357 e. The van der Waals surface area contributed by atoms with Crippen LogP contribution in [0.1, 0.15) is 43.1 Å². The molecule has 1 fully saturated rings. The monoisotopic (exact) mass is 405 g/mol. The van der Waals surface area contributed by atoms with Gasteiger partial charge in [0.2, 0.25) is 0 Å². The molecule has 7 heteroatoms. The maximum atomic E-state index is 12.2. The first-order chi connectivity index (χ1) is 12.0. The summed E-state index contributed by atoms with van der Waals surface area (Å²) in [6, 6.07) is 9.41. The Kier molecular flexibility index (Phi) is 5.53. The second kappa shape index (κ2) is 7.82. The third-order valence-corrected chi connectivity index (χ3v) is 4.82. The van der Waals surface area contributed by atoms with E-state index in [1.54, 1.807) is 13.0 Å². The quantitative estimate of drug-likeness (QED) is 0.746. The molecule has 0 spiro atoms. The van der Waals surface area contributed by atoms with Gasteiger partial charge in [0.1, 0.15) is 5.69 Å². The summed E-state index contributed by atoms with van der Waals surface area (Å²) in [5, 5.41) is 9.72.